The first-order valence-electron chi connectivity index (χ1n) is 6.47. The topological polar surface area (TPSA) is 31.1 Å². The highest BCUT2D eigenvalue weighted by Gasteiger charge is 2.20. The van der Waals surface area contributed by atoms with Crippen LogP contribution >= 0.6 is 0 Å². The van der Waals surface area contributed by atoms with Gasteiger partial charge < -0.3 is 10.3 Å². The van der Waals surface area contributed by atoms with E-state index in [1.807, 2.05) is 12.3 Å². The van der Waals surface area contributed by atoms with Crippen LogP contribution in [-0.2, 0) is 0 Å². The third-order valence-corrected chi connectivity index (χ3v) is 3.83. The van der Waals surface area contributed by atoms with E-state index in [2.05, 4.69) is 22.1 Å². The minimum Gasteiger partial charge on any atom is -0.361 e. The summed E-state index contributed by atoms with van der Waals surface area (Å²) >= 11 is 0. The monoisotopic (exact) mass is 247 g/mol. The summed E-state index contributed by atoms with van der Waals surface area (Å²) in [6.45, 7) is 6.43. The van der Waals surface area contributed by atoms with Crippen molar-refractivity contribution >= 4 is 10.9 Å². The van der Waals surface area contributed by atoms with Gasteiger partial charge in [-0.3, -0.25) is 4.90 Å². The van der Waals surface area contributed by atoms with Crippen molar-refractivity contribution in [3.8, 4) is 0 Å². The molecule has 0 amide bonds. The fourth-order valence-corrected chi connectivity index (χ4v) is 2.73. The molecule has 1 saturated heterocycles. The number of nitrogens with one attached hydrogen (secondary N) is 2. The molecule has 3 nitrogen and oxygen atoms in total. The van der Waals surface area contributed by atoms with Gasteiger partial charge >= 0.3 is 0 Å². The van der Waals surface area contributed by atoms with Gasteiger partial charge in [-0.2, -0.15) is 0 Å². The number of piperazine rings is 1. The molecular weight excluding hydrogens is 229 g/mol. The average molecular weight is 247 g/mol. The van der Waals surface area contributed by atoms with Gasteiger partial charge in [0, 0.05) is 49.3 Å². The molecule has 1 aromatic carbocycles. The van der Waals surface area contributed by atoms with Crippen LogP contribution in [0.25, 0.3) is 10.9 Å². The van der Waals surface area contributed by atoms with E-state index in [1.54, 1.807) is 6.07 Å². The molecule has 0 radical (unpaired) electrons. The van der Waals surface area contributed by atoms with Crippen LogP contribution in [0.2, 0.25) is 0 Å². The first-order valence-corrected chi connectivity index (χ1v) is 6.47. The summed E-state index contributed by atoms with van der Waals surface area (Å²) in [6.07, 6.45) is 2.01. The number of aromatic amines is 1. The van der Waals surface area contributed by atoms with Crippen molar-refractivity contribution in [1.82, 2.24) is 15.2 Å². The Labute approximate surface area is 106 Å². The highest BCUT2D eigenvalue weighted by molar-refractivity contribution is 5.83. The zero-order valence-corrected chi connectivity index (χ0v) is 10.5. The molecule has 1 aliphatic heterocycles. The Morgan fingerprint density at radius 3 is 2.83 bits per heavy atom. The molecular formula is C14H18FN3. The van der Waals surface area contributed by atoms with Crippen LogP contribution in [0.3, 0.4) is 0 Å². The van der Waals surface area contributed by atoms with E-state index in [0.717, 1.165) is 37.1 Å². The molecule has 1 aliphatic rings. The van der Waals surface area contributed by atoms with Crippen LogP contribution in [0, 0.1) is 5.82 Å². The second kappa shape index (κ2) is 4.71. The van der Waals surface area contributed by atoms with Gasteiger partial charge in [0.25, 0.3) is 0 Å². The quantitative estimate of drug-likeness (QED) is 0.853. The summed E-state index contributed by atoms with van der Waals surface area (Å²) in [4.78, 5) is 5.63. The second-order valence-electron chi connectivity index (χ2n) is 4.90. The zero-order chi connectivity index (χ0) is 12.5. The Hall–Kier alpha value is -1.39. The lowest BCUT2D eigenvalue weighted by atomic mass is 10.1. The number of nitrogens with zero attached hydrogens (tertiary/aromatic N) is 1. The molecule has 96 valence electrons. The van der Waals surface area contributed by atoms with E-state index in [0.29, 0.717) is 6.04 Å². The van der Waals surface area contributed by atoms with Crippen molar-refractivity contribution in [2.75, 3.05) is 26.2 Å². The van der Waals surface area contributed by atoms with Gasteiger partial charge in [0.15, 0.2) is 0 Å². The predicted molar refractivity (Wildman–Crippen MR) is 71.1 cm³/mol. The van der Waals surface area contributed by atoms with E-state index >= 15 is 0 Å². The van der Waals surface area contributed by atoms with Gasteiger partial charge in [-0.25, -0.2) is 4.39 Å². The minimum absolute atomic E-state index is 0.189. The van der Waals surface area contributed by atoms with Crippen LogP contribution in [0.4, 0.5) is 4.39 Å². The van der Waals surface area contributed by atoms with Crippen molar-refractivity contribution in [2.24, 2.45) is 0 Å². The van der Waals surface area contributed by atoms with Crippen molar-refractivity contribution in [3.05, 3.63) is 35.8 Å². The van der Waals surface area contributed by atoms with E-state index in [1.165, 1.54) is 11.6 Å². The number of benzene rings is 1. The van der Waals surface area contributed by atoms with Crippen molar-refractivity contribution in [3.63, 3.8) is 0 Å². The fraction of sp³-hybridized carbons (Fsp3) is 0.429. The number of halogens is 1. The maximum Gasteiger partial charge on any atom is 0.125 e. The van der Waals surface area contributed by atoms with E-state index in [4.69, 9.17) is 0 Å². The number of aromatic nitrogens is 1. The first kappa shape index (κ1) is 11.7. The predicted octanol–water partition coefficient (Wildman–Crippen LogP) is 2.27. The van der Waals surface area contributed by atoms with E-state index in [-0.39, 0.29) is 5.82 Å². The summed E-state index contributed by atoms with van der Waals surface area (Å²) in [7, 11) is 0. The van der Waals surface area contributed by atoms with Crippen molar-refractivity contribution in [2.45, 2.75) is 13.0 Å². The Balaban J connectivity index is 1.93. The van der Waals surface area contributed by atoms with Crippen LogP contribution in [0.15, 0.2) is 24.4 Å². The Morgan fingerprint density at radius 1 is 1.28 bits per heavy atom. The lowest BCUT2D eigenvalue weighted by Gasteiger charge is -2.32. The Morgan fingerprint density at radius 2 is 2.06 bits per heavy atom. The molecule has 1 atom stereocenters. The fourth-order valence-electron chi connectivity index (χ4n) is 2.73. The van der Waals surface area contributed by atoms with E-state index < -0.39 is 0 Å². The molecule has 0 spiro atoms. The summed E-state index contributed by atoms with van der Waals surface area (Å²) in [6, 6.07) is 5.33. The molecule has 0 saturated carbocycles. The van der Waals surface area contributed by atoms with Gasteiger partial charge in [0.1, 0.15) is 5.82 Å². The lowest BCUT2D eigenvalue weighted by molar-refractivity contribution is 0.186. The summed E-state index contributed by atoms with van der Waals surface area (Å²) in [5, 5.41) is 4.49. The largest absolute Gasteiger partial charge is 0.361 e. The third kappa shape index (κ3) is 2.02. The number of rotatable bonds is 2. The molecule has 2 heterocycles. The zero-order valence-electron chi connectivity index (χ0n) is 10.5. The molecule has 1 fully saturated rings. The van der Waals surface area contributed by atoms with Crippen molar-refractivity contribution in [1.29, 1.82) is 0 Å². The Bertz CT molecular complexity index is 543. The molecule has 18 heavy (non-hydrogen) atoms. The maximum atomic E-state index is 13.2. The highest BCUT2D eigenvalue weighted by atomic mass is 19.1. The van der Waals surface area contributed by atoms with Gasteiger partial charge in [-0.1, -0.05) is 0 Å². The molecule has 4 heteroatoms. The number of hydrogen-bond donors (Lipinski definition) is 2. The third-order valence-electron chi connectivity index (χ3n) is 3.83. The molecule has 1 unspecified atom stereocenters. The maximum absolute atomic E-state index is 13.2. The molecule has 0 bridgehead atoms. The standard InChI is InChI=1S/C14H18FN3/c1-10(18-6-4-16-5-7-18)13-9-17-14-8-11(15)2-3-12(13)14/h2-3,8-10,16-17H,4-7H2,1H3. The molecule has 1 aromatic heterocycles. The van der Waals surface area contributed by atoms with Crippen molar-refractivity contribution < 1.29 is 4.39 Å². The van der Waals surface area contributed by atoms with Crippen LogP contribution in [0.1, 0.15) is 18.5 Å². The lowest BCUT2D eigenvalue weighted by Crippen LogP contribution is -2.44. The average Bonchev–Trinajstić information content (AvgIpc) is 2.81. The number of H-pyrrole nitrogens is 1. The normalized spacial score (nSPS) is 19.2. The molecule has 2 N–H and O–H groups in total. The van der Waals surface area contributed by atoms with Gasteiger partial charge in [-0.05, 0) is 30.7 Å². The van der Waals surface area contributed by atoms with Gasteiger partial charge in [-0.15, -0.1) is 0 Å². The van der Waals surface area contributed by atoms with Gasteiger partial charge in [0.2, 0.25) is 0 Å². The SMILES string of the molecule is CC(c1c[nH]c2cc(F)ccc12)N1CCNCC1. The van der Waals surface area contributed by atoms with E-state index in [9.17, 15) is 4.39 Å². The smallest absolute Gasteiger partial charge is 0.125 e. The molecule has 3 rings (SSSR count). The highest BCUT2D eigenvalue weighted by Crippen LogP contribution is 2.28. The Kier molecular flexibility index (Phi) is 3.06. The summed E-state index contributed by atoms with van der Waals surface area (Å²) < 4.78 is 13.2. The molecule has 0 aliphatic carbocycles. The van der Waals surface area contributed by atoms with Crippen LogP contribution in [-0.4, -0.2) is 36.1 Å². The second-order valence-corrected chi connectivity index (χ2v) is 4.90. The number of fused-ring (bicyclic) bond motifs is 1. The summed E-state index contributed by atoms with van der Waals surface area (Å²) in [5.41, 5.74) is 2.14. The van der Waals surface area contributed by atoms with Crippen LogP contribution < -0.4 is 5.32 Å². The first-order chi connectivity index (χ1) is 8.75. The minimum atomic E-state index is -0.189. The molecule has 2 aromatic rings. The van der Waals surface area contributed by atoms with Crippen LogP contribution in [0.5, 0.6) is 0 Å². The number of hydrogen-bond acceptors (Lipinski definition) is 2. The van der Waals surface area contributed by atoms with Gasteiger partial charge in [0.05, 0.1) is 0 Å². The summed E-state index contributed by atoms with van der Waals surface area (Å²) in [5.74, 6) is -0.189.